The maximum atomic E-state index is 8.88. The molecule has 3 rings (SSSR count). The lowest BCUT2D eigenvalue weighted by Gasteiger charge is -2.05. The Kier molecular flexibility index (Phi) is 55.1. The van der Waals surface area contributed by atoms with E-state index >= 15 is 0 Å². The summed E-state index contributed by atoms with van der Waals surface area (Å²) >= 11 is 0. The summed E-state index contributed by atoms with van der Waals surface area (Å²) in [4.78, 5) is 21.6. The topological polar surface area (TPSA) is 114 Å². The van der Waals surface area contributed by atoms with Crippen LogP contribution in [0.3, 0.4) is 0 Å². The normalized spacial score (nSPS) is 11.0. The maximum Gasteiger partial charge on any atom is 0.466 e. The second-order valence-electron chi connectivity index (χ2n) is 20.2. The van der Waals surface area contributed by atoms with Gasteiger partial charge in [-0.3, -0.25) is 0 Å². The molecule has 3 aromatic rings. The van der Waals surface area contributed by atoms with Crippen LogP contribution in [0.15, 0.2) is 91.0 Å². The number of phosphoric acid groups is 1. The first-order chi connectivity index (χ1) is 34.8. The first-order valence-corrected chi connectivity index (χ1v) is 31.4. The first kappa shape index (κ1) is 68.7. The van der Waals surface area contributed by atoms with E-state index in [1.54, 1.807) is 0 Å². The fourth-order valence-corrected chi connectivity index (χ4v) is 8.76. The van der Waals surface area contributed by atoms with Crippen molar-refractivity contribution in [2.75, 3.05) is 19.6 Å². The fraction of sp³-hybridized carbons (Fsp3) is 0.714. The molecule has 0 radical (unpaired) electrons. The van der Waals surface area contributed by atoms with Crippen LogP contribution >= 0.6 is 7.82 Å². The van der Waals surface area contributed by atoms with Crippen LogP contribution in [0.2, 0.25) is 0 Å². The minimum Gasteiger partial charge on any atom is -0.313 e. The van der Waals surface area contributed by atoms with Gasteiger partial charge in [0.15, 0.2) is 0 Å². The van der Waals surface area contributed by atoms with Gasteiger partial charge in [-0.2, -0.15) is 0 Å². The Morgan fingerprint density at radius 1 is 0.282 bits per heavy atom. The molecule has 0 aromatic heterocycles. The second-order valence-corrected chi connectivity index (χ2v) is 21.2. The Morgan fingerprint density at radius 2 is 0.437 bits per heavy atom. The van der Waals surface area contributed by atoms with E-state index in [0.717, 1.165) is 39.3 Å². The average Bonchev–Trinajstić information content (AvgIpc) is 3.37. The molecule has 0 saturated carbocycles. The Labute approximate surface area is 440 Å². The predicted molar refractivity (Wildman–Crippen MR) is 312 cm³/mol. The molecular formula is C63H114N3O4P. The zero-order valence-corrected chi connectivity index (χ0v) is 47.5. The largest absolute Gasteiger partial charge is 0.466 e. The number of hydrogen-bond donors (Lipinski definition) is 6. The van der Waals surface area contributed by atoms with Gasteiger partial charge in [0.25, 0.3) is 0 Å². The molecule has 0 aliphatic heterocycles. The van der Waals surface area contributed by atoms with Crippen LogP contribution in [0.5, 0.6) is 0 Å². The highest BCUT2D eigenvalue weighted by atomic mass is 31.2. The molecular weight excluding hydrogens is 894 g/mol. The quantitative estimate of drug-likeness (QED) is 0.0247. The summed E-state index contributed by atoms with van der Waals surface area (Å²) in [5.74, 6) is 0. The van der Waals surface area contributed by atoms with Crippen LogP contribution < -0.4 is 16.0 Å². The van der Waals surface area contributed by atoms with Crippen LogP contribution in [0.4, 0.5) is 0 Å². The van der Waals surface area contributed by atoms with E-state index in [1.807, 2.05) is 0 Å². The van der Waals surface area contributed by atoms with Crippen LogP contribution in [0, 0.1) is 0 Å². The molecule has 0 saturated heterocycles. The van der Waals surface area contributed by atoms with Crippen LogP contribution in [0.1, 0.15) is 269 Å². The summed E-state index contributed by atoms with van der Waals surface area (Å²) in [6.07, 6.45) is 51.3. The number of benzene rings is 3. The van der Waals surface area contributed by atoms with Gasteiger partial charge in [-0.25, -0.2) is 4.57 Å². The summed E-state index contributed by atoms with van der Waals surface area (Å²) in [5.41, 5.74) is 4.17. The molecule has 410 valence electrons. The monoisotopic (exact) mass is 1010 g/mol. The standard InChI is InChI=1S/3C21H37N.H3O4P/c3*1-2-3-4-5-6-7-8-9-10-11-12-16-19-22-20-21-17-14-13-15-18-21;1-5(2,3)4/h3*13-15,17-18,22H,2-12,16,19-20H2,1H3;(H3,1,2,3,4). The Hall–Kier alpha value is -2.35. The van der Waals surface area contributed by atoms with Crippen molar-refractivity contribution in [3.63, 3.8) is 0 Å². The lowest BCUT2D eigenvalue weighted by atomic mass is 10.1. The van der Waals surface area contributed by atoms with Gasteiger partial charge in [0.1, 0.15) is 0 Å². The predicted octanol–water partition coefficient (Wildman–Crippen LogP) is 18.5. The number of unbranched alkanes of at least 4 members (excludes halogenated alkanes) is 33. The van der Waals surface area contributed by atoms with Crippen LogP contribution in [-0.4, -0.2) is 34.3 Å². The van der Waals surface area contributed by atoms with Crippen molar-refractivity contribution >= 4 is 7.82 Å². The summed E-state index contributed by atoms with van der Waals surface area (Å²) in [5, 5.41) is 10.6. The third kappa shape index (κ3) is 60.1. The van der Waals surface area contributed by atoms with E-state index in [-0.39, 0.29) is 0 Å². The highest BCUT2D eigenvalue weighted by Gasteiger charge is 2.01. The van der Waals surface area contributed by atoms with Gasteiger partial charge in [-0.1, -0.05) is 324 Å². The highest BCUT2D eigenvalue weighted by Crippen LogP contribution is 2.26. The SMILES string of the molecule is CCCCCCCCCCCCCCNCc1ccccc1.CCCCCCCCCCCCCCNCc1ccccc1.CCCCCCCCCCCCCCNCc1ccccc1.O=P(O)(O)O. The van der Waals surface area contributed by atoms with Gasteiger partial charge in [0, 0.05) is 19.6 Å². The van der Waals surface area contributed by atoms with E-state index in [0.29, 0.717) is 0 Å². The van der Waals surface area contributed by atoms with E-state index in [1.165, 1.54) is 248 Å². The molecule has 0 unspecified atom stereocenters. The lowest BCUT2D eigenvalue weighted by Crippen LogP contribution is -2.14. The summed E-state index contributed by atoms with van der Waals surface area (Å²) < 4.78 is 8.88. The minimum atomic E-state index is -4.64. The smallest absolute Gasteiger partial charge is 0.313 e. The Bertz CT molecular complexity index is 1290. The molecule has 71 heavy (non-hydrogen) atoms. The molecule has 0 atom stereocenters. The number of nitrogens with one attached hydrogen (secondary N) is 3. The molecule has 0 aliphatic rings. The Morgan fingerprint density at radius 3 is 0.606 bits per heavy atom. The molecule has 0 aliphatic carbocycles. The van der Waals surface area contributed by atoms with Crippen LogP contribution in [-0.2, 0) is 24.2 Å². The van der Waals surface area contributed by atoms with E-state index in [4.69, 9.17) is 19.2 Å². The highest BCUT2D eigenvalue weighted by molar-refractivity contribution is 7.45. The Balaban J connectivity index is 0.000000985. The molecule has 3 aromatic carbocycles. The third-order valence-corrected chi connectivity index (χ3v) is 13.1. The number of rotatable bonds is 45. The van der Waals surface area contributed by atoms with Gasteiger partial charge in [-0.15, -0.1) is 0 Å². The van der Waals surface area contributed by atoms with Gasteiger partial charge >= 0.3 is 7.82 Å². The molecule has 0 bridgehead atoms. The van der Waals surface area contributed by atoms with E-state index in [9.17, 15) is 0 Å². The second kappa shape index (κ2) is 56.9. The van der Waals surface area contributed by atoms with Crippen LogP contribution in [0.25, 0.3) is 0 Å². The van der Waals surface area contributed by atoms with Gasteiger partial charge < -0.3 is 30.6 Å². The summed E-state index contributed by atoms with van der Waals surface area (Å²) in [6, 6.07) is 32.0. The van der Waals surface area contributed by atoms with Gasteiger partial charge in [-0.05, 0) is 55.6 Å². The average molecular weight is 1010 g/mol. The summed E-state index contributed by atoms with van der Waals surface area (Å²) in [6.45, 7) is 13.4. The zero-order valence-electron chi connectivity index (χ0n) is 46.6. The lowest BCUT2D eigenvalue weighted by molar-refractivity contribution is 0.275. The van der Waals surface area contributed by atoms with Crippen molar-refractivity contribution in [1.29, 1.82) is 0 Å². The van der Waals surface area contributed by atoms with Gasteiger partial charge in [0.05, 0.1) is 0 Å². The molecule has 0 spiro atoms. The van der Waals surface area contributed by atoms with Crippen molar-refractivity contribution in [2.45, 2.75) is 272 Å². The first-order valence-electron chi connectivity index (χ1n) is 29.8. The van der Waals surface area contributed by atoms with E-state index < -0.39 is 7.82 Å². The zero-order chi connectivity index (χ0) is 51.7. The number of hydrogen-bond acceptors (Lipinski definition) is 4. The molecule has 0 fully saturated rings. The third-order valence-electron chi connectivity index (χ3n) is 13.1. The van der Waals surface area contributed by atoms with Gasteiger partial charge in [0.2, 0.25) is 0 Å². The van der Waals surface area contributed by atoms with Crippen molar-refractivity contribution in [3.05, 3.63) is 108 Å². The van der Waals surface area contributed by atoms with Crippen molar-refractivity contribution in [2.24, 2.45) is 0 Å². The minimum absolute atomic E-state index is 1.01. The molecule has 7 nitrogen and oxygen atoms in total. The van der Waals surface area contributed by atoms with Crippen molar-refractivity contribution in [3.8, 4) is 0 Å². The van der Waals surface area contributed by atoms with Crippen molar-refractivity contribution < 1.29 is 19.2 Å². The summed E-state index contributed by atoms with van der Waals surface area (Å²) in [7, 11) is -4.64. The van der Waals surface area contributed by atoms with Crippen molar-refractivity contribution in [1.82, 2.24) is 16.0 Å². The fourth-order valence-electron chi connectivity index (χ4n) is 8.76. The van der Waals surface area contributed by atoms with E-state index in [2.05, 4.69) is 128 Å². The molecule has 0 heterocycles. The molecule has 8 heteroatoms. The maximum absolute atomic E-state index is 8.88. The molecule has 0 amide bonds. The molecule has 6 N–H and O–H groups in total.